The van der Waals surface area contributed by atoms with Crippen molar-refractivity contribution in [2.45, 2.75) is 26.2 Å². The van der Waals surface area contributed by atoms with Gasteiger partial charge in [-0.25, -0.2) is 4.39 Å². The maximum Gasteiger partial charge on any atom is 0.140 e. The van der Waals surface area contributed by atoms with E-state index in [0.717, 1.165) is 16.5 Å². The monoisotopic (exact) mass is 296 g/mol. The third-order valence-electron chi connectivity index (χ3n) is 3.10. The Bertz CT molecular complexity index is 479. The molecule has 0 N–H and O–H groups in total. The molecule has 0 saturated heterocycles. The van der Waals surface area contributed by atoms with Crippen molar-refractivity contribution in [2.75, 3.05) is 0 Å². The third-order valence-corrected chi connectivity index (χ3v) is 3.76. The molecule has 1 aromatic carbocycles. The molecule has 2 rings (SSSR count). The molecular formula is C14H14BrFO. The van der Waals surface area contributed by atoms with Gasteiger partial charge in [-0.15, -0.1) is 0 Å². The van der Waals surface area contributed by atoms with Crippen LogP contribution in [-0.4, -0.2) is 5.78 Å². The van der Waals surface area contributed by atoms with E-state index in [1.54, 1.807) is 13.0 Å². The van der Waals surface area contributed by atoms with Gasteiger partial charge in [-0.1, -0.05) is 34.1 Å². The van der Waals surface area contributed by atoms with Crippen molar-refractivity contribution < 1.29 is 9.18 Å². The van der Waals surface area contributed by atoms with E-state index in [2.05, 4.69) is 15.9 Å². The number of Topliss-reactive ketones (excluding diaryl/α,β-unsaturated/α-hetero) is 1. The minimum atomic E-state index is -0.200. The Morgan fingerprint density at radius 2 is 2.18 bits per heavy atom. The molecule has 1 aliphatic rings. The molecule has 0 aliphatic heterocycles. The number of benzene rings is 1. The van der Waals surface area contributed by atoms with E-state index >= 15 is 0 Å². The van der Waals surface area contributed by atoms with Gasteiger partial charge in [-0.05, 0) is 41.4 Å². The summed E-state index contributed by atoms with van der Waals surface area (Å²) in [5, 5.41) is 0. The molecule has 0 radical (unpaired) electrons. The number of carbonyl (C=O) groups is 1. The fourth-order valence-electron chi connectivity index (χ4n) is 2.01. The maximum atomic E-state index is 13.4. The van der Waals surface area contributed by atoms with Gasteiger partial charge >= 0.3 is 0 Å². The van der Waals surface area contributed by atoms with Crippen molar-refractivity contribution in [1.29, 1.82) is 0 Å². The highest BCUT2D eigenvalue weighted by Crippen LogP contribution is 2.26. The Kier molecular flexibility index (Phi) is 3.77. The first-order chi connectivity index (χ1) is 8.06. The van der Waals surface area contributed by atoms with E-state index in [9.17, 15) is 9.18 Å². The van der Waals surface area contributed by atoms with Crippen LogP contribution in [0.2, 0.25) is 0 Å². The molecule has 0 aromatic heterocycles. The van der Waals surface area contributed by atoms with Gasteiger partial charge in [0.05, 0.1) is 0 Å². The van der Waals surface area contributed by atoms with Crippen LogP contribution in [0.4, 0.5) is 4.39 Å². The summed E-state index contributed by atoms with van der Waals surface area (Å²) in [6.07, 6.45) is 3.91. The van der Waals surface area contributed by atoms with Crippen molar-refractivity contribution in [2.24, 2.45) is 5.92 Å². The minimum Gasteiger partial charge on any atom is -0.299 e. The zero-order valence-corrected chi connectivity index (χ0v) is 11.3. The summed E-state index contributed by atoms with van der Waals surface area (Å²) >= 11 is 3.43. The van der Waals surface area contributed by atoms with Gasteiger partial charge in [0.2, 0.25) is 0 Å². The first-order valence-electron chi connectivity index (χ1n) is 5.70. The Morgan fingerprint density at radius 1 is 1.41 bits per heavy atom. The number of hydrogen-bond acceptors (Lipinski definition) is 1. The van der Waals surface area contributed by atoms with Gasteiger partial charge in [0, 0.05) is 12.3 Å². The van der Waals surface area contributed by atoms with Gasteiger partial charge in [-0.2, -0.15) is 0 Å². The Hall–Kier alpha value is -0.960. The summed E-state index contributed by atoms with van der Waals surface area (Å²) in [6.45, 7) is 1.74. The maximum absolute atomic E-state index is 13.4. The number of halogens is 2. The molecule has 1 unspecified atom stereocenters. The van der Waals surface area contributed by atoms with Gasteiger partial charge in [0.25, 0.3) is 0 Å². The number of ketones is 1. The highest BCUT2D eigenvalue weighted by molar-refractivity contribution is 9.11. The van der Waals surface area contributed by atoms with Gasteiger partial charge in [0.1, 0.15) is 11.6 Å². The SMILES string of the molecule is Cc1ccc(CC2C=C(Br)CCC2=O)cc1F. The fraction of sp³-hybridized carbons (Fsp3) is 0.357. The van der Waals surface area contributed by atoms with Crippen LogP contribution in [0.5, 0.6) is 0 Å². The van der Waals surface area contributed by atoms with Gasteiger partial charge in [-0.3, -0.25) is 4.79 Å². The lowest BCUT2D eigenvalue weighted by Crippen LogP contribution is -2.18. The number of allylic oxidation sites excluding steroid dienone is 2. The van der Waals surface area contributed by atoms with E-state index in [4.69, 9.17) is 0 Å². The van der Waals surface area contributed by atoms with Crippen molar-refractivity contribution in [3.63, 3.8) is 0 Å². The van der Waals surface area contributed by atoms with Crippen LogP contribution in [-0.2, 0) is 11.2 Å². The second kappa shape index (κ2) is 5.13. The molecular weight excluding hydrogens is 283 g/mol. The molecule has 0 amide bonds. The van der Waals surface area contributed by atoms with Gasteiger partial charge < -0.3 is 0 Å². The van der Waals surface area contributed by atoms with Crippen LogP contribution in [0.15, 0.2) is 28.8 Å². The summed E-state index contributed by atoms with van der Waals surface area (Å²) < 4.78 is 14.5. The predicted octanol–water partition coefficient (Wildman–Crippen LogP) is 3.93. The lowest BCUT2D eigenvalue weighted by Gasteiger charge is -2.17. The molecule has 0 saturated carbocycles. The molecule has 1 aliphatic carbocycles. The van der Waals surface area contributed by atoms with Crippen LogP contribution in [0, 0.1) is 18.7 Å². The number of aryl methyl sites for hydroxylation is 1. The molecule has 1 nitrogen and oxygen atoms in total. The standard InChI is InChI=1S/C14H14BrFO/c1-9-2-3-10(7-13(9)16)6-11-8-12(15)4-5-14(11)17/h2-3,7-8,11H,4-6H2,1H3. The smallest absolute Gasteiger partial charge is 0.140 e. The van der Waals surface area contributed by atoms with Crippen molar-refractivity contribution in [3.8, 4) is 0 Å². The van der Waals surface area contributed by atoms with E-state index in [1.807, 2.05) is 12.1 Å². The topological polar surface area (TPSA) is 17.1 Å². The van der Waals surface area contributed by atoms with Gasteiger partial charge in [0.15, 0.2) is 0 Å². The van der Waals surface area contributed by atoms with E-state index in [0.29, 0.717) is 18.4 Å². The van der Waals surface area contributed by atoms with Crippen molar-refractivity contribution >= 4 is 21.7 Å². The summed E-state index contributed by atoms with van der Waals surface area (Å²) in [7, 11) is 0. The largest absolute Gasteiger partial charge is 0.299 e. The molecule has 3 heteroatoms. The summed E-state index contributed by atoms with van der Waals surface area (Å²) in [5.41, 5.74) is 1.52. The first-order valence-corrected chi connectivity index (χ1v) is 6.49. The first kappa shape index (κ1) is 12.5. The molecule has 90 valence electrons. The predicted molar refractivity (Wildman–Crippen MR) is 69.6 cm³/mol. The molecule has 0 heterocycles. The van der Waals surface area contributed by atoms with E-state index in [-0.39, 0.29) is 17.5 Å². The summed E-state index contributed by atoms with van der Waals surface area (Å²) in [4.78, 5) is 11.7. The average molecular weight is 297 g/mol. The second-order valence-corrected chi connectivity index (χ2v) is 5.49. The van der Waals surface area contributed by atoms with E-state index in [1.165, 1.54) is 6.07 Å². The van der Waals surface area contributed by atoms with Crippen molar-refractivity contribution in [1.82, 2.24) is 0 Å². The molecule has 1 aromatic rings. The Labute approximate surface area is 109 Å². The lowest BCUT2D eigenvalue weighted by atomic mass is 9.88. The quantitative estimate of drug-likeness (QED) is 0.808. The zero-order chi connectivity index (χ0) is 12.4. The minimum absolute atomic E-state index is 0.111. The molecule has 0 fully saturated rings. The third kappa shape index (κ3) is 3.03. The Balaban J connectivity index is 2.17. The summed E-state index contributed by atoms with van der Waals surface area (Å²) in [6, 6.07) is 5.18. The normalized spacial score (nSPS) is 20.3. The van der Waals surface area contributed by atoms with Crippen molar-refractivity contribution in [3.05, 3.63) is 45.7 Å². The van der Waals surface area contributed by atoms with Crippen LogP contribution < -0.4 is 0 Å². The van der Waals surface area contributed by atoms with Crippen LogP contribution in [0.1, 0.15) is 24.0 Å². The molecule has 0 spiro atoms. The van der Waals surface area contributed by atoms with Crippen LogP contribution in [0.3, 0.4) is 0 Å². The molecule has 17 heavy (non-hydrogen) atoms. The summed E-state index contributed by atoms with van der Waals surface area (Å²) in [5.74, 6) is -0.0665. The zero-order valence-electron chi connectivity index (χ0n) is 9.67. The highest BCUT2D eigenvalue weighted by atomic mass is 79.9. The number of carbonyl (C=O) groups excluding carboxylic acids is 1. The number of rotatable bonds is 2. The number of hydrogen-bond donors (Lipinski definition) is 0. The lowest BCUT2D eigenvalue weighted by molar-refractivity contribution is -0.121. The molecule has 1 atom stereocenters. The highest BCUT2D eigenvalue weighted by Gasteiger charge is 2.21. The Morgan fingerprint density at radius 3 is 2.88 bits per heavy atom. The second-order valence-electron chi connectivity index (χ2n) is 4.47. The van der Waals surface area contributed by atoms with Crippen LogP contribution in [0.25, 0.3) is 0 Å². The average Bonchev–Trinajstić information content (AvgIpc) is 2.29. The fourth-order valence-corrected chi connectivity index (χ4v) is 2.53. The molecule has 0 bridgehead atoms. The van der Waals surface area contributed by atoms with Crippen LogP contribution >= 0.6 is 15.9 Å². The van der Waals surface area contributed by atoms with E-state index < -0.39 is 0 Å².